The monoisotopic (exact) mass is 543 g/mol. The summed E-state index contributed by atoms with van der Waals surface area (Å²) in [5, 5.41) is 12.1. The highest BCUT2D eigenvalue weighted by atomic mass is 35.5. The van der Waals surface area contributed by atoms with Gasteiger partial charge in [0, 0.05) is 5.02 Å². The lowest BCUT2D eigenvalue weighted by atomic mass is 9.96. The van der Waals surface area contributed by atoms with Crippen molar-refractivity contribution in [1.82, 2.24) is 4.57 Å². The maximum absolute atomic E-state index is 13.7. The average Bonchev–Trinajstić information content (AvgIpc) is 3.17. The minimum absolute atomic E-state index is 0.137. The lowest BCUT2D eigenvalue weighted by molar-refractivity contribution is -0.385. The van der Waals surface area contributed by atoms with Gasteiger partial charge in [-0.25, -0.2) is 9.79 Å². The molecule has 1 aromatic heterocycles. The topological polar surface area (TPSA) is 122 Å². The summed E-state index contributed by atoms with van der Waals surface area (Å²) in [6.07, 6.45) is 1.40. The number of rotatable bonds is 7. The second kappa shape index (κ2) is 10.6. The molecule has 0 fully saturated rings. The molecule has 0 aliphatic carbocycles. The fourth-order valence-corrected chi connectivity index (χ4v) is 5.36. The highest BCUT2D eigenvalue weighted by molar-refractivity contribution is 7.07. The molecule has 2 aromatic carbocycles. The van der Waals surface area contributed by atoms with E-state index in [2.05, 4.69) is 4.99 Å². The normalized spacial score (nSPS) is 15.2. The minimum atomic E-state index is -0.897. The van der Waals surface area contributed by atoms with Gasteiger partial charge in [0.05, 0.1) is 53.2 Å². The smallest absolute Gasteiger partial charge is 0.338 e. The lowest BCUT2D eigenvalue weighted by Crippen LogP contribution is -2.40. The summed E-state index contributed by atoms with van der Waals surface area (Å²) in [6, 6.07) is 8.65. The van der Waals surface area contributed by atoms with E-state index in [0.717, 1.165) is 11.3 Å². The van der Waals surface area contributed by atoms with Gasteiger partial charge in [0.25, 0.3) is 11.2 Å². The maximum atomic E-state index is 13.7. The average molecular weight is 544 g/mol. The molecular formula is C25H22ClN3O7S. The molecule has 3 aromatic rings. The van der Waals surface area contributed by atoms with Crippen LogP contribution in [0.15, 0.2) is 57.5 Å². The molecule has 0 bridgehead atoms. The molecule has 0 spiro atoms. The Morgan fingerprint density at radius 1 is 1.24 bits per heavy atom. The van der Waals surface area contributed by atoms with Crippen molar-refractivity contribution in [2.45, 2.75) is 19.9 Å². The van der Waals surface area contributed by atoms with Crippen LogP contribution in [0.1, 0.15) is 31.0 Å². The summed E-state index contributed by atoms with van der Waals surface area (Å²) >= 11 is 7.54. The van der Waals surface area contributed by atoms with Crippen LogP contribution in [0, 0.1) is 10.1 Å². The Morgan fingerprint density at radius 2 is 1.92 bits per heavy atom. The quantitative estimate of drug-likeness (QED) is 0.254. The van der Waals surface area contributed by atoms with Crippen LogP contribution in [0.5, 0.6) is 11.5 Å². The molecule has 4 rings (SSSR count). The van der Waals surface area contributed by atoms with Crippen molar-refractivity contribution in [3.63, 3.8) is 0 Å². The van der Waals surface area contributed by atoms with E-state index in [1.807, 2.05) is 0 Å². The van der Waals surface area contributed by atoms with Crippen molar-refractivity contribution in [2.24, 2.45) is 4.99 Å². The number of methoxy groups -OCH3 is 2. The predicted molar refractivity (Wildman–Crippen MR) is 138 cm³/mol. The second-order valence-corrected chi connectivity index (χ2v) is 9.26. The van der Waals surface area contributed by atoms with E-state index in [1.54, 1.807) is 38.1 Å². The summed E-state index contributed by atoms with van der Waals surface area (Å²) in [5.41, 5.74) is 0.468. The van der Waals surface area contributed by atoms with Crippen molar-refractivity contribution in [3.8, 4) is 11.5 Å². The van der Waals surface area contributed by atoms with Gasteiger partial charge >= 0.3 is 5.97 Å². The number of aromatic nitrogens is 1. The van der Waals surface area contributed by atoms with Crippen LogP contribution in [0.2, 0.25) is 5.02 Å². The zero-order valence-corrected chi connectivity index (χ0v) is 21.9. The third-order valence-electron chi connectivity index (χ3n) is 5.73. The van der Waals surface area contributed by atoms with E-state index in [0.29, 0.717) is 21.1 Å². The van der Waals surface area contributed by atoms with Crippen molar-refractivity contribution in [2.75, 3.05) is 20.8 Å². The second-order valence-electron chi connectivity index (χ2n) is 7.85. The fraction of sp³-hybridized carbons (Fsp3) is 0.240. The molecule has 1 atom stereocenters. The Hall–Kier alpha value is -3.96. The summed E-state index contributed by atoms with van der Waals surface area (Å²) < 4.78 is 17.3. The molecule has 12 heteroatoms. The van der Waals surface area contributed by atoms with Gasteiger partial charge in [-0.05, 0) is 37.6 Å². The number of hydrogen-bond acceptors (Lipinski definition) is 9. The molecule has 0 amide bonds. The SMILES string of the molecule is CCOC(=O)C1=C(C)N=c2s/c(=C\c3cc(OC)c(OC)cc3[N+](=O)[O-])c(=O)n2C1c1ccccc1Cl. The van der Waals surface area contributed by atoms with E-state index in [4.69, 9.17) is 25.8 Å². The number of thiazole rings is 1. The third kappa shape index (κ3) is 4.75. The van der Waals surface area contributed by atoms with Gasteiger partial charge in [-0.2, -0.15) is 0 Å². The largest absolute Gasteiger partial charge is 0.493 e. The van der Waals surface area contributed by atoms with E-state index >= 15 is 0 Å². The number of fused-ring (bicyclic) bond motifs is 1. The highest BCUT2D eigenvalue weighted by Crippen LogP contribution is 2.36. The van der Waals surface area contributed by atoms with E-state index < -0.39 is 22.5 Å². The number of nitro benzene ring substituents is 1. The molecule has 192 valence electrons. The predicted octanol–water partition coefficient (Wildman–Crippen LogP) is 3.38. The van der Waals surface area contributed by atoms with Crippen LogP contribution in [-0.2, 0) is 9.53 Å². The first-order valence-electron chi connectivity index (χ1n) is 11.1. The van der Waals surface area contributed by atoms with E-state index in [-0.39, 0.29) is 39.5 Å². The maximum Gasteiger partial charge on any atom is 0.338 e. The van der Waals surface area contributed by atoms with Crippen LogP contribution in [0.25, 0.3) is 6.08 Å². The molecule has 2 heterocycles. The number of nitrogens with zero attached hydrogens (tertiary/aromatic N) is 3. The van der Waals surface area contributed by atoms with E-state index in [9.17, 15) is 19.7 Å². The third-order valence-corrected chi connectivity index (χ3v) is 7.06. The Bertz CT molecular complexity index is 1620. The molecule has 0 N–H and O–H groups in total. The first kappa shape index (κ1) is 26.1. The Kier molecular flexibility index (Phi) is 7.46. The van der Waals surface area contributed by atoms with Crippen molar-refractivity contribution in [3.05, 3.63) is 93.6 Å². The number of carbonyl (C=O) groups is 1. The Labute approximate surface area is 219 Å². The van der Waals surface area contributed by atoms with Crippen LogP contribution >= 0.6 is 22.9 Å². The first-order valence-corrected chi connectivity index (χ1v) is 12.3. The molecule has 1 unspecified atom stereocenters. The zero-order valence-electron chi connectivity index (χ0n) is 20.3. The van der Waals surface area contributed by atoms with Crippen molar-refractivity contribution >= 4 is 40.7 Å². The van der Waals surface area contributed by atoms with Gasteiger partial charge in [-0.15, -0.1) is 0 Å². The molecular weight excluding hydrogens is 522 g/mol. The Morgan fingerprint density at radius 3 is 2.54 bits per heavy atom. The van der Waals surface area contributed by atoms with Crippen LogP contribution in [0.3, 0.4) is 0 Å². The number of hydrogen-bond donors (Lipinski definition) is 0. The molecule has 1 aliphatic rings. The van der Waals surface area contributed by atoms with Gasteiger partial charge in [0.2, 0.25) is 0 Å². The summed E-state index contributed by atoms with van der Waals surface area (Å²) in [7, 11) is 2.78. The molecule has 0 saturated heterocycles. The summed E-state index contributed by atoms with van der Waals surface area (Å²) in [6.45, 7) is 3.48. The fourth-order valence-electron chi connectivity index (χ4n) is 4.08. The van der Waals surface area contributed by atoms with Gasteiger partial charge in [-0.3, -0.25) is 19.5 Å². The highest BCUT2D eigenvalue weighted by Gasteiger charge is 2.34. The van der Waals surface area contributed by atoms with Crippen LogP contribution < -0.4 is 24.4 Å². The molecule has 10 nitrogen and oxygen atoms in total. The van der Waals surface area contributed by atoms with Gasteiger partial charge < -0.3 is 14.2 Å². The minimum Gasteiger partial charge on any atom is -0.493 e. The number of halogens is 1. The number of allylic oxidation sites excluding steroid dienone is 1. The lowest BCUT2D eigenvalue weighted by Gasteiger charge is -2.25. The molecule has 37 heavy (non-hydrogen) atoms. The number of nitro groups is 1. The standard InChI is InChI=1S/C25H22ClN3O7S/c1-5-36-24(31)21-13(2)27-25-28(22(21)15-8-6-7-9-16(15)26)23(30)20(37-25)11-14-10-18(34-3)19(35-4)12-17(14)29(32)33/h6-12,22H,5H2,1-4H3/b20-11-. The van der Waals surface area contributed by atoms with Crippen molar-refractivity contribution in [1.29, 1.82) is 0 Å². The van der Waals surface area contributed by atoms with Gasteiger partial charge in [0.1, 0.15) is 6.04 Å². The first-order chi connectivity index (χ1) is 17.7. The summed E-state index contributed by atoms with van der Waals surface area (Å²) in [5.74, 6) is -0.166. The number of ether oxygens (including phenoxy) is 3. The van der Waals surface area contributed by atoms with E-state index in [1.165, 1.54) is 37.0 Å². The Balaban J connectivity index is 2.01. The van der Waals surface area contributed by atoms with Crippen LogP contribution in [0.4, 0.5) is 5.69 Å². The number of carbonyl (C=O) groups excluding carboxylic acids is 1. The number of benzene rings is 2. The number of esters is 1. The molecule has 0 saturated carbocycles. The molecule has 1 aliphatic heterocycles. The zero-order chi connectivity index (χ0) is 26.9. The van der Waals surface area contributed by atoms with Gasteiger partial charge in [-0.1, -0.05) is 41.1 Å². The molecule has 0 radical (unpaired) electrons. The van der Waals surface area contributed by atoms with Crippen molar-refractivity contribution < 1.29 is 23.9 Å². The van der Waals surface area contributed by atoms with Crippen LogP contribution in [-0.4, -0.2) is 36.3 Å². The van der Waals surface area contributed by atoms with Gasteiger partial charge in [0.15, 0.2) is 16.3 Å². The summed E-state index contributed by atoms with van der Waals surface area (Å²) in [4.78, 5) is 42.7.